The van der Waals surface area contributed by atoms with Crippen molar-refractivity contribution in [2.75, 3.05) is 0 Å². The lowest BCUT2D eigenvalue weighted by Gasteiger charge is -2.15. The smallest absolute Gasteiger partial charge is 0.285 e. The molecule has 1 heterocycles. The number of carbonyl (C=O) groups excluding carboxylic acids is 2. The van der Waals surface area contributed by atoms with Crippen molar-refractivity contribution in [3.05, 3.63) is 69.6 Å². The van der Waals surface area contributed by atoms with Gasteiger partial charge in [-0.2, -0.15) is 5.01 Å². The number of benzene rings is 2. The van der Waals surface area contributed by atoms with E-state index in [4.69, 9.17) is 12.2 Å². The van der Waals surface area contributed by atoms with Gasteiger partial charge in [-0.05, 0) is 73.1 Å². The number of thiocarbonyl (C=S) groups is 1. The van der Waals surface area contributed by atoms with E-state index in [0.717, 1.165) is 33.5 Å². The van der Waals surface area contributed by atoms with Gasteiger partial charge in [0.05, 0.1) is 4.91 Å². The summed E-state index contributed by atoms with van der Waals surface area (Å²) in [6, 6.07) is 12.2. The van der Waals surface area contributed by atoms with E-state index in [1.165, 1.54) is 0 Å². The molecule has 0 aromatic heterocycles. The third-order valence-electron chi connectivity index (χ3n) is 3.85. The van der Waals surface area contributed by atoms with E-state index in [9.17, 15) is 14.7 Å². The number of hydrogen-bond donors (Lipinski definition) is 2. The van der Waals surface area contributed by atoms with Gasteiger partial charge in [0.25, 0.3) is 11.8 Å². The number of amides is 2. The summed E-state index contributed by atoms with van der Waals surface area (Å²) >= 11 is 6.35. The van der Waals surface area contributed by atoms with Crippen molar-refractivity contribution in [1.82, 2.24) is 10.4 Å². The molecule has 2 N–H and O–H groups in total. The van der Waals surface area contributed by atoms with Gasteiger partial charge >= 0.3 is 0 Å². The van der Waals surface area contributed by atoms with Crippen LogP contribution in [0.2, 0.25) is 0 Å². The maximum atomic E-state index is 12.6. The molecule has 132 valence electrons. The molecule has 1 aliphatic rings. The minimum absolute atomic E-state index is 0.241. The van der Waals surface area contributed by atoms with Crippen LogP contribution in [0.15, 0.2) is 47.4 Å². The summed E-state index contributed by atoms with van der Waals surface area (Å²) in [6.45, 7) is 3.59. The lowest BCUT2D eigenvalue weighted by molar-refractivity contribution is -0.123. The Kier molecular flexibility index (Phi) is 5.11. The van der Waals surface area contributed by atoms with Crippen LogP contribution in [0.4, 0.5) is 0 Å². The minimum Gasteiger partial charge on any atom is -0.507 e. The Labute approximate surface area is 160 Å². The summed E-state index contributed by atoms with van der Waals surface area (Å²) in [7, 11) is 0. The van der Waals surface area contributed by atoms with Crippen LogP contribution in [0, 0.1) is 13.8 Å². The summed E-state index contributed by atoms with van der Waals surface area (Å²) in [5.41, 5.74) is 5.22. The summed E-state index contributed by atoms with van der Waals surface area (Å²) < 4.78 is 0.262. The quantitative estimate of drug-likeness (QED) is 0.626. The van der Waals surface area contributed by atoms with E-state index in [1.807, 2.05) is 0 Å². The fourth-order valence-corrected chi connectivity index (χ4v) is 3.72. The van der Waals surface area contributed by atoms with E-state index >= 15 is 0 Å². The van der Waals surface area contributed by atoms with Crippen molar-refractivity contribution >= 4 is 46.2 Å². The van der Waals surface area contributed by atoms with Gasteiger partial charge in [-0.15, -0.1) is 0 Å². The number of rotatable bonds is 3. The Hall–Kier alpha value is -2.64. The molecule has 5 nitrogen and oxygen atoms in total. The second-order valence-electron chi connectivity index (χ2n) is 5.83. The Bertz CT molecular complexity index is 916. The molecule has 0 spiro atoms. The van der Waals surface area contributed by atoms with Gasteiger partial charge in [0.2, 0.25) is 0 Å². The van der Waals surface area contributed by atoms with Crippen LogP contribution < -0.4 is 5.43 Å². The number of hydrogen-bond acceptors (Lipinski definition) is 5. The van der Waals surface area contributed by atoms with E-state index in [-0.39, 0.29) is 16.0 Å². The van der Waals surface area contributed by atoms with Gasteiger partial charge in [-0.1, -0.05) is 30.0 Å². The lowest BCUT2D eigenvalue weighted by Crippen LogP contribution is -2.44. The number of phenolic OH excluding ortho intramolecular Hbond substituents is 1. The first-order chi connectivity index (χ1) is 12.4. The highest BCUT2D eigenvalue weighted by Crippen LogP contribution is 2.32. The number of thioether (sulfide) groups is 1. The molecule has 0 aliphatic carbocycles. The molecule has 1 saturated heterocycles. The summed E-state index contributed by atoms with van der Waals surface area (Å²) in [5, 5.41) is 11.0. The highest BCUT2D eigenvalue weighted by Gasteiger charge is 2.33. The predicted molar refractivity (Wildman–Crippen MR) is 107 cm³/mol. The molecule has 7 heteroatoms. The molecular formula is C19H16N2O3S2. The number of carbonyl (C=O) groups is 2. The highest BCUT2D eigenvalue weighted by atomic mass is 32.2. The Balaban J connectivity index is 1.82. The number of nitrogens with zero attached hydrogens (tertiary/aromatic N) is 1. The van der Waals surface area contributed by atoms with Crippen LogP contribution in [0.25, 0.3) is 6.08 Å². The molecule has 0 unspecified atom stereocenters. The molecule has 2 aromatic carbocycles. The van der Waals surface area contributed by atoms with Gasteiger partial charge in [0.1, 0.15) is 5.75 Å². The summed E-state index contributed by atoms with van der Waals surface area (Å²) in [4.78, 5) is 25.3. The second kappa shape index (κ2) is 7.31. The normalized spacial score (nSPS) is 15.6. The van der Waals surface area contributed by atoms with Crippen molar-refractivity contribution in [2.45, 2.75) is 13.8 Å². The standard InChI is InChI=1S/C19H16N2O3S2/c1-11-8-13(9-12(2)16(11)22)10-15-18(24)21(19(25)26-15)20-17(23)14-6-4-3-5-7-14/h3-10,22H,1-2H3,(H,20,23)/b15-10-. The molecule has 0 saturated carbocycles. The zero-order chi connectivity index (χ0) is 18.8. The van der Waals surface area contributed by atoms with Gasteiger partial charge in [-0.3, -0.25) is 15.0 Å². The predicted octanol–water partition coefficient (Wildman–Crippen LogP) is 3.56. The maximum absolute atomic E-state index is 12.6. The molecule has 1 fully saturated rings. The van der Waals surface area contributed by atoms with Gasteiger partial charge in [0, 0.05) is 5.56 Å². The molecule has 0 bridgehead atoms. The Morgan fingerprint density at radius 3 is 2.42 bits per heavy atom. The van der Waals surface area contributed by atoms with Crippen LogP contribution in [0.5, 0.6) is 5.75 Å². The number of nitrogens with one attached hydrogen (secondary N) is 1. The molecule has 2 aromatic rings. The Morgan fingerprint density at radius 2 is 1.81 bits per heavy atom. The van der Waals surface area contributed by atoms with E-state index < -0.39 is 5.91 Å². The number of aryl methyl sites for hydroxylation is 2. The van der Waals surface area contributed by atoms with Gasteiger partial charge in [0.15, 0.2) is 4.32 Å². The van der Waals surface area contributed by atoms with Gasteiger partial charge < -0.3 is 5.11 Å². The second-order valence-corrected chi connectivity index (χ2v) is 7.50. The SMILES string of the molecule is Cc1cc(/C=C2\SC(=S)N(NC(=O)c3ccccc3)C2=O)cc(C)c1O. The monoisotopic (exact) mass is 384 g/mol. The third kappa shape index (κ3) is 3.63. The van der Waals surface area contributed by atoms with Crippen LogP contribution in [-0.4, -0.2) is 26.3 Å². The topological polar surface area (TPSA) is 69.6 Å². The van der Waals surface area contributed by atoms with Crippen molar-refractivity contribution < 1.29 is 14.7 Å². The fraction of sp³-hybridized carbons (Fsp3) is 0.105. The van der Waals surface area contributed by atoms with Crippen molar-refractivity contribution in [3.8, 4) is 5.75 Å². The summed E-state index contributed by atoms with van der Waals surface area (Å²) in [6.07, 6.45) is 1.70. The zero-order valence-corrected chi connectivity index (χ0v) is 15.8. The third-order valence-corrected chi connectivity index (χ3v) is 5.16. The first kappa shape index (κ1) is 18.2. The molecule has 2 amide bonds. The average Bonchev–Trinajstić information content (AvgIpc) is 2.87. The number of aromatic hydroxyl groups is 1. The van der Waals surface area contributed by atoms with Crippen molar-refractivity contribution in [1.29, 1.82) is 0 Å². The average molecular weight is 384 g/mol. The molecule has 0 atom stereocenters. The van der Waals surface area contributed by atoms with Crippen molar-refractivity contribution in [2.24, 2.45) is 0 Å². The first-order valence-electron chi connectivity index (χ1n) is 7.81. The fourth-order valence-electron chi connectivity index (χ4n) is 2.54. The molecule has 3 rings (SSSR count). The van der Waals surface area contributed by atoms with E-state index in [1.54, 1.807) is 62.4 Å². The van der Waals surface area contributed by atoms with Crippen LogP contribution >= 0.6 is 24.0 Å². The Morgan fingerprint density at radius 1 is 1.19 bits per heavy atom. The van der Waals surface area contributed by atoms with Crippen LogP contribution in [0.3, 0.4) is 0 Å². The largest absolute Gasteiger partial charge is 0.507 e. The van der Waals surface area contributed by atoms with E-state index in [2.05, 4.69) is 5.43 Å². The number of phenols is 1. The van der Waals surface area contributed by atoms with Gasteiger partial charge in [-0.25, -0.2) is 0 Å². The zero-order valence-electron chi connectivity index (χ0n) is 14.1. The van der Waals surface area contributed by atoms with Crippen LogP contribution in [0.1, 0.15) is 27.0 Å². The lowest BCUT2D eigenvalue weighted by atomic mass is 10.1. The van der Waals surface area contributed by atoms with E-state index in [0.29, 0.717) is 10.5 Å². The molecular weight excluding hydrogens is 368 g/mol. The highest BCUT2D eigenvalue weighted by molar-refractivity contribution is 8.26. The molecule has 26 heavy (non-hydrogen) atoms. The molecule has 1 aliphatic heterocycles. The summed E-state index contributed by atoms with van der Waals surface area (Å²) in [5.74, 6) is -0.544. The van der Waals surface area contributed by atoms with Crippen LogP contribution in [-0.2, 0) is 4.79 Å². The first-order valence-corrected chi connectivity index (χ1v) is 9.03. The maximum Gasteiger partial charge on any atom is 0.285 e. The minimum atomic E-state index is -0.403. The van der Waals surface area contributed by atoms with Crippen molar-refractivity contribution in [3.63, 3.8) is 0 Å². The molecule has 0 radical (unpaired) electrons. The number of hydrazine groups is 1.